The van der Waals surface area contributed by atoms with Crippen LogP contribution in [0.3, 0.4) is 0 Å². The lowest BCUT2D eigenvalue weighted by molar-refractivity contribution is -0.167. The molecule has 0 fully saturated rings. The van der Waals surface area contributed by atoms with Gasteiger partial charge >= 0.3 is 17.9 Å². The Morgan fingerprint density at radius 3 is 0.924 bits per heavy atom. The number of ether oxygens (including phenoxy) is 3. The van der Waals surface area contributed by atoms with E-state index in [1.165, 1.54) is 141 Å². The van der Waals surface area contributed by atoms with Gasteiger partial charge in [-0.05, 0) is 77.0 Å². The van der Waals surface area contributed by atoms with Crippen LogP contribution in [-0.4, -0.2) is 37.2 Å². The van der Waals surface area contributed by atoms with E-state index in [1.54, 1.807) is 0 Å². The van der Waals surface area contributed by atoms with E-state index in [4.69, 9.17) is 14.2 Å². The molecule has 0 heterocycles. The molecule has 6 nitrogen and oxygen atoms in total. The van der Waals surface area contributed by atoms with Crippen molar-refractivity contribution in [3.05, 3.63) is 60.8 Å². The molecule has 66 heavy (non-hydrogen) atoms. The zero-order valence-corrected chi connectivity index (χ0v) is 43.7. The van der Waals surface area contributed by atoms with Crippen molar-refractivity contribution in [3.8, 4) is 0 Å². The van der Waals surface area contributed by atoms with E-state index in [0.29, 0.717) is 19.3 Å². The summed E-state index contributed by atoms with van der Waals surface area (Å²) in [5.41, 5.74) is 0. The van der Waals surface area contributed by atoms with E-state index in [1.807, 2.05) is 0 Å². The Labute approximate surface area is 409 Å². The van der Waals surface area contributed by atoms with Crippen molar-refractivity contribution in [1.29, 1.82) is 0 Å². The standard InChI is InChI=1S/C60H106O6/c1-4-7-10-13-16-19-22-25-27-29-30-32-33-35-38-41-44-47-50-53-59(62)65-56-57(55-64-58(61)52-49-46-43-40-37-24-21-18-15-12-9-6-3)66-60(63)54-51-48-45-42-39-36-34-31-28-26-23-20-17-14-11-8-5-2/h7,9-10,12,16,18-19,21,25,27,57H,4-6,8,11,13-15,17,20,22-24,26,28-56H2,1-3H3/b10-7-,12-9-,19-16-,21-18-,27-25-. The second-order valence-corrected chi connectivity index (χ2v) is 18.8. The summed E-state index contributed by atoms with van der Waals surface area (Å²) < 4.78 is 16.8. The lowest BCUT2D eigenvalue weighted by atomic mass is 10.0. The second-order valence-electron chi connectivity index (χ2n) is 18.8. The largest absolute Gasteiger partial charge is 0.462 e. The van der Waals surface area contributed by atoms with E-state index >= 15 is 0 Å². The van der Waals surface area contributed by atoms with Gasteiger partial charge in [-0.3, -0.25) is 14.4 Å². The van der Waals surface area contributed by atoms with Crippen LogP contribution in [0.2, 0.25) is 0 Å². The summed E-state index contributed by atoms with van der Waals surface area (Å²) in [7, 11) is 0. The summed E-state index contributed by atoms with van der Waals surface area (Å²) in [4.78, 5) is 38.1. The van der Waals surface area contributed by atoms with Crippen LogP contribution in [0, 0.1) is 0 Å². The minimum Gasteiger partial charge on any atom is -0.462 e. The molecule has 0 aliphatic rings. The molecule has 0 aliphatic carbocycles. The van der Waals surface area contributed by atoms with Crippen molar-refractivity contribution in [3.63, 3.8) is 0 Å². The second kappa shape index (κ2) is 54.7. The average molecular weight is 924 g/mol. The van der Waals surface area contributed by atoms with E-state index < -0.39 is 6.10 Å². The fourth-order valence-corrected chi connectivity index (χ4v) is 8.08. The molecule has 0 aromatic rings. The Morgan fingerprint density at radius 1 is 0.318 bits per heavy atom. The summed E-state index contributed by atoms with van der Waals surface area (Å²) in [6, 6.07) is 0. The normalized spacial score (nSPS) is 12.5. The number of esters is 3. The Morgan fingerprint density at radius 2 is 0.591 bits per heavy atom. The van der Waals surface area contributed by atoms with Crippen LogP contribution in [0.25, 0.3) is 0 Å². The molecule has 0 N–H and O–H groups in total. The number of unbranched alkanes of at least 4 members (excludes halogenated alkanes) is 30. The Bertz CT molecular complexity index is 1200. The molecule has 0 saturated heterocycles. The smallest absolute Gasteiger partial charge is 0.306 e. The zero-order valence-electron chi connectivity index (χ0n) is 43.7. The maximum Gasteiger partial charge on any atom is 0.306 e. The van der Waals surface area contributed by atoms with E-state index in [-0.39, 0.29) is 31.1 Å². The molecule has 1 atom stereocenters. The molecule has 0 bridgehead atoms. The summed E-state index contributed by atoms with van der Waals surface area (Å²) in [5.74, 6) is -0.888. The number of carbonyl (C=O) groups is 3. The van der Waals surface area contributed by atoms with Crippen LogP contribution in [0.5, 0.6) is 0 Å². The third kappa shape index (κ3) is 52.1. The van der Waals surface area contributed by atoms with E-state index in [0.717, 1.165) is 103 Å². The minimum atomic E-state index is -0.780. The monoisotopic (exact) mass is 923 g/mol. The Kier molecular flexibility index (Phi) is 52.3. The number of allylic oxidation sites excluding steroid dienone is 10. The molecule has 382 valence electrons. The highest BCUT2D eigenvalue weighted by atomic mass is 16.6. The predicted molar refractivity (Wildman–Crippen MR) is 284 cm³/mol. The van der Waals surface area contributed by atoms with Gasteiger partial charge in [0.25, 0.3) is 0 Å². The van der Waals surface area contributed by atoms with Gasteiger partial charge in [0.15, 0.2) is 6.10 Å². The summed E-state index contributed by atoms with van der Waals surface area (Å²) in [5, 5.41) is 0. The first-order chi connectivity index (χ1) is 32.5. The van der Waals surface area contributed by atoms with Crippen LogP contribution < -0.4 is 0 Å². The Balaban J connectivity index is 4.33. The van der Waals surface area contributed by atoms with Gasteiger partial charge in [-0.1, -0.05) is 248 Å². The van der Waals surface area contributed by atoms with Crippen LogP contribution >= 0.6 is 0 Å². The van der Waals surface area contributed by atoms with Gasteiger partial charge < -0.3 is 14.2 Å². The fraction of sp³-hybridized carbons (Fsp3) is 0.783. The molecule has 0 aromatic carbocycles. The van der Waals surface area contributed by atoms with Gasteiger partial charge in [-0.25, -0.2) is 0 Å². The first-order valence-corrected chi connectivity index (χ1v) is 28.3. The topological polar surface area (TPSA) is 78.9 Å². The summed E-state index contributed by atoms with van der Waals surface area (Å²) in [6.45, 7) is 6.43. The molecule has 0 aliphatic heterocycles. The van der Waals surface area contributed by atoms with Gasteiger partial charge in [-0.2, -0.15) is 0 Å². The quantitative estimate of drug-likeness (QED) is 0.0262. The summed E-state index contributed by atoms with van der Waals surface area (Å²) >= 11 is 0. The number of carbonyl (C=O) groups excluding carboxylic acids is 3. The fourth-order valence-electron chi connectivity index (χ4n) is 8.08. The predicted octanol–water partition coefficient (Wildman–Crippen LogP) is 18.8. The third-order valence-electron chi connectivity index (χ3n) is 12.3. The molecular formula is C60H106O6. The maximum absolute atomic E-state index is 12.8. The van der Waals surface area contributed by atoms with E-state index in [9.17, 15) is 14.4 Å². The van der Waals surface area contributed by atoms with Gasteiger partial charge in [0, 0.05) is 19.3 Å². The van der Waals surface area contributed by atoms with Crippen LogP contribution in [0.15, 0.2) is 60.8 Å². The third-order valence-corrected chi connectivity index (χ3v) is 12.3. The van der Waals surface area contributed by atoms with Crippen LogP contribution in [-0.2, 0) is 28.6 Å². The van der Waals surface area contributed by atoms with Gasteiger partial charge in [-0.15, -0.1) is 0 Å². The summed E-state index contributed by atoms with van der Waals surface area (Å²) in [6.07, 6.45) is 67.8. The lowest BCUT2D eigenvalue weighted by Crippen LogP contribution is -2.30. The first-order valence-electron chi connectivity index (χ1n) is 28.3. The minimum absolute atomic E-state index is 0.0793. The molecule has 0 saturated carbocycles. The zero-order chi connectivity index (χ0) is 47.9. The molecule has 0 rings (SSSR count). The molecule has 0 amide bonds. The SMILES string of the molecule is CC/C=C\C/C=C\C/C=C\CCCCCCCCCCCC(=O)OCC(COC(=O)CCCCCCC/C=C\C/C=C\CC)OC(=O)CCCCCCCCCCCCCCCCCCC. The van der Waals surface area contributed by atoms with Crippen molar-refractivity contribution in [2.75, 3.05) is 13.2 Å². The molecule has 0 spiro atoms. The number of hydrogen-bond donors (Lipinski definition) is 0. The van der Waals surface area contributed by atoms with Crippen LogP contribution in [0.4, 0.5) is 0 Å². The highest BCUT2D eigenvalue weighted by Crippen LogP contribution is 2.16. The number of rotatable bonds is 51. The van der Waals surface area contributed by atoms with Crippen molar-refractivity contribution in [2.24, 2.45) is 0 Å². The molecular weight excluding hydrogens is 817 g/mol. The molecule has 0 radical (unpaired) electrons. The molecule has 6 heteroatoms. The lowest BCUT2D eigenvalue weighted by Gasteiger charge is -2.18. The van der Waals surface area contributed by atoms with Gasteiger partial charge in [0.1, 0.15) is 13.2 Å². The average Bonchev–Trinajstić information content (AvgIpc) is 3.31. The highest BCUT2D eigenvalue weighted by Gasteiger charge is 2.19. The highest BCUT2D eigenvalue weighted by molar-refractivity contribution is 5.71. The number of hydrogen-bond acceptors (Lipinski definition) is 6. The van der Waals surface area contributed by atoms with E-state index in [2.05, 4.69) is 81.5 Å². The van der Waals surface area contributed by atoms with Crippen LogP contribution in [0.1, 0.15) is 284 Å². The Hall–Kier alpha value is -2.89. The maximum atomic E-state index is 12.8. The van der Waals surface area contributed by atoms with Crippen molar-refractivity contribution in [2.45, 2.75) is 290 Å². The molecule has 0 aromatic heterocycles. The van der Waals surface area contributed by atoms with Gasteiger partial charge in [0.2, 0.25) is 0 Å². The first kappa shape index (κ1) is 63.1. The van der Waals surface area contributed by atoms with Crippen molar-refractivity contribution in [1.82, 2.24) is 0 Å². The molecule has 1 unspecified atom stereocenters. The van der Waals surface area contributed by atoms with Crippen molar-refractivity contribution >= 4 is 17.9 Å². The van der Waals surface area contributed by atoms with Gasteiger partial charge in [0.05, 0.1) is 0 Å². The van der Waals surface area contributed by atoms with Crippen molar-refractivity contribution < 1.29 is 28.6 Å².